The first-order valence-corrected chi connectivity index (χ1v) is 9.76. The lowest BCUT2D eigenvalue weighted by molar-refractivity contribution is 0.895. The molecule has 0 saturated heterocycles. The number of aromatic nitrogens is 2. The molecule has 0 atom stereocenters. The van der Waals surface area contributed by atoms with Crippen molar-refractivity contribution in [3.63, 3.8) is 0 Å². The molecule has 4 rings (SSSR count). The van der Waals surface area contributed by atoms with Crippen LogP contribution in [0.15, 0.2) is 99.2 Å². The topological polar surface area (TPSA) is 43.8 Å². The molecule has 0 fully saturated rings. The molecule has 3 aromatic carbocycles. The average molecular weight is 422 g/mol. The van der Waals surface area contributed by atoms with Crippen LogP contribution in [0.25, 0.3) is 16.9 Å². The Hall–Kier alpha value is -2.50. The third-order valence-corrected chi connectivity index (χ3v) is 5.60. The summed E-state index contributed by atoms with van der Waals surface area (Å²) in [5, 5.41) is 4.83. The summed E-state index contributed by atoms with van der Waals surface area (Å²) in [6.45, 7) is 0. The minimum atomic E-state index is 0.642. The summed E-state index contributed by atoms with van der Waals surface area (Å²) in [7, 11) is 0. The maximum atomic E-state index is 6.52. The number of hydrogen-bond donors (Lipinski definition) is 1. The first kappa shape index (κ1) is 16.9. The summed E-state index contributed by atoms with van der Waals surface area (Å²) in [6, 6.07) is 28.3. The van der Waals surface area contributed by atoms with Gasteiger partial charge in [0.25, 0.3) is 0 Å². The van der Waals surface area contributed by atoms with Crippen LogP contribution in [-0.2, 0) is 0 Å². The summed E-state index contributed by atoms with van der Waals surface area (Å²) < 4.78 is 2.86. The van der Waals surface area contributed by atoms with Gasteiger partial charge in [-0.15, -0.1) is 0 Å². The molecule has 0 saturated carbocycles. The molecule has 26 heavy (non-hydrogen) atoms. The third kappa shape index (κ3) is 3.41. The molecule has 0 aliphatic rings. The molecule has 2 N–H and O–H groups in total. The van der Waals surface area contributed by atoms with Crippen molar-refractivity contribution in [1.82, 2.24) is 9.78 Å². The molecule has 1 heterocycles. The van der Waals surface area contributed by atoms with Gasteiger partial charge in [0, 0.05) is 14.9 Å². The van der Waals surface area contributed by atoms with Crippen LogP contribution in [0, 0.1) is 0 Å². The number of nitrogens with two attached hydrogens (primary N) is 1. The smallest absolute Gasteiger partial charge is 0.141 e. The van der Waals surface area contributed by atoms with Crippen LogP contribution in [0.1, 0.15) is 0 Å². The van der Waals surface area contributed by atoms with Crippen molar-refractivity contribution < 1.29 is 0 Å². The number of benzene rings is 3. The van der Waals surface area contributed by atoms with E-state index in [-0.39, 0.29) is 0 Å². The summed E-state index contributed by atoms with van der Waals surface area (Å²) >= 11 is 5.11. The molecule has 0 amide bonds. The molecule has 0 aliphatic carbocycles. The van der Waals surface area contributed by atoms with Crippen LogP contribution in [0.3, 0.4) is 0 Å². The van der Waals surface area contributed by atoms with Gasteiger partial charge in [0.05, 0.1) is 10.6 Å². The maximum absolute atomic E-state index is 6.52. The first-order chi connectivity index (χ1) is 12.7. The normalized spacial score (nSPS) is 10.8. The Morgan fingerprint density at radius 1 is 0.808 bits per heavy atom. The largest absolute Gasteiger partial charge is 0.383 e. The molecule has 0 aliphatic heterocycles. The Morgan fingerprint density at radius 3 is 2.08 bits per heavy atom. The number of nitrogens with zero attached hydrogens (tertiary/aromatic N) is 2. The highest BCUT2D eigenvalue weighted by molar-refractivity contribution is 9.10. The first-order valence-electron chi connectivity index (χ1n) is 8.15. The van der Waals surface area contributed by atoms with Crippen molar-refractivity contribution in [3.8, 4) is 16.9 Å². The molecule has 0 bridgehead atoms. The van der Waals surface area contributed by atoms with Crippen molar-refractivity contribution in [3.05, 3.63) is 89.4 Å². The Labute approximate surface area is 165 Å². The zero-order chi connectivity index (χ0) is 17.9. The quantitative estimate of drug-likeness (QED) is 0.436. The number of nitrogen functional groups attached to an aromatic ring is 1. The third-order valence-electron chi connectivity index (χ3n) is 3.96. The van der Waals surface area contributed by atoms with Gasteiger partial charge in [-0.05, 0) is 36.4 Å². The average Bonchev–Trinajstić information content (AvgIpc) is 3.01. The van der Waals surface area contributed by atoms with E-state index in [0.29, 0.717) is 5.82 Å². The van der Waals surface area contributed by atoms with E-state index >= 15 is 0 Å². The predicted molar refractivity (Wildman–Crippen MR) is 112 cm³/mol. The van der Waals surface area contributed by atoms with Gasteiger partial charge < -0.3 is 5.73 Å². The Kier molecular flexibility index (Phi) is 4.82. The zero-order valence-corrected chi connectivity index (χ0v) is 16.2. The van der Waals surface area contributed by atoms with Crippen LogP contribution in [0.4, 0.5) is 5.82 Å². The number of halogens is 1. The molecular formula is C21H16BrN3S. The Bertz CT molecular complexity index is 1010. The van der Waals surface area contributed by atoms with Crippen LogP contribution in [0.5, 0.6) is 0 Å². The summed E-state index contributed by atoms with van der Waals surface area (Å²) in [5.41, 5.74) is 9.41. The van der Waals surface area contributed by atoms with E-state index in [2.05, 4.69) is 40.2 Å². The van der Waals surface area contributed by atoms with E-state index in [4.69, 9.17) is 10.8 Å². The molecular weight excluding hydrogens is 406 g/mol. The van der Waals surface area contributed by atoms with E-state index in [0.717, 1.165) is 31.2 Å². The lowest BCUT2D eigenvalue weighted by Gasteiger charge is -2.05. The molecule has 5 heteroatoms. The molecule has 1 aromatic heterocycles. The van der Waals surface area contributed by atoms with Gasteiger partial charge in [-0.25, -0.2) is 4.68 Å². The second-order valence-electron chi connectivity index (χ2n) is 5.73. The molecule has 0 spiro atoms. The van der Waals surface area contributed by atoms with Crippen molar-refractivity contribution in [1.29, 1.82) is 0 Å². The van der Waals surface area contributed by atoms with Gasteiger partial charge in [-0.2, -0.15) is 5.10 Å². The van der Waals surface area contributed by atoms with Crippen molar-refractivity contribution in [2.45, 2.75) is 9.79 Å². The summed E-state index contributed by atoms with van der Waals surface area (Å²) in [4.78, 5) is 2.08. The molecule has 0 unspecified atom stereocenters. The van der Waals surface area contributed by atoms with Gasteiger partial charge in [0.1, 0.15) is 11.5 Å². The second kappa shape index (κ2) is 7.40. The highest BCUT2D eigenvalue weighted by Gasteiger charge is 2.19. The van der Waals surface area contributed by atoms with Crippen molar-refractivity contribution >= 4 is 33.5 Å². The van der Waals surface area contributed by atoms with Crippen LogP contribution in [-0.4, -0.2) is 9.78 Å². The van der Waals surface area contributed by atoms with E-state index in [1.54, 1.807) is 11.8 Å². The standard InChI is InChI=1S/C21H16BrN3S/c22-16-11-13-18(14-12-16)26-20-19(15-7-3-1-4-8-15)24-25(21(20)23)17-9-5-2-6-10-17/h1-14H,23H2. The Balaban J connectivity index is 1.85. The van der Waals surface area contributed by atoms with Crippen molar-refractivity contribution in [2.24, 2.45) is 0 Å². The molecule has 128 valence electrons. The summed E-state index contributed by atoms with van der Waals surface area (Å²) in [6.07, 6.45) is 0. The van der Waals surface area contributed by atoms with E-state index < -0.39 is 0 Å². The van der Waals surface area contributed by atoms with Crippen LogP contribution < -0.4 is 5.73 Å². The minimum absolute atomic E-state index is 0.642. The monoisotopic (exact) mass is 421 g/mol. The lowest BCUT2D eigenvalue weighted by atomic mass is 10.1. The highest BCUT2D eigenvalue weighted by Crippen LogP contribution is 2.40. The second-order valence-corrected chi connectivity index (χ2v) is 7.73. The van der Waals surface area contributed by atoms with E-state index in [1.165, 1.54) is 0 Å². The van der Waals surface area contributed by atoms with Gasteiger partial charge in [0.2, 0.25) is 0 Å². The fraction of sp³-hybridized carbons (Fsp3) is 0. The maximum Gasteiger partial charge on any atom is 0.141 e. The van der Waals surface area contributed by atoms with E-state index in [9.17, 15) is 0 Å². The van der Waals surface area contributed by atoms with Crippen LogP contribution >= 0.6 is 27.7 Å². The molecule has 3 nitrogen and oxygen atoms in total. The number of anilines is 1. The summed E-state index contributed by atoms with van der Waals surface area (Å²) in [5.74, 6) is 0.642. The number of hydrogen-bond acceptors (Lipinski definition) is 3. The van der Waals surface area contributed by atoms with E-state index in [1.807, 2.05) is 65.3 Å². The van der Waals surface area contributed by atoms with Gasteiger partial charge in [0.15, 0.2) is 0 Å². The predicted octanol–water partition coefficient (Wildman–Crippen LogP) is 6.04. The van der Waals surface area contributed by atoms with Crippen molar-refractivity contribution in [2.75, 3.05) is 5.73 Å². The fourth-order valence-corrected chi connectivity index (χ4v) is 3.91. The zero-order valence-electron chi connectivity index (χ0n) is 13.8. The Morgan fingerprint density at radius 2 is 1.42 bits per heavy atom. The fourth-order valence-electron chi connectivity index (χ4n) is 2.69. The number of rotatable bonds is 4. The van der Waals surface area contributed by atoms with Gasteiger partial charge in [-0.1, -0.05) is 76.2 Å². The molecule has 4 aromatic rings. The number of para-hydroxylation sites is 1. The van der Waals surface area contributed by atoms with Gasteiger partial charge >= 0.3 is 0 Å². The minimum Gasteiger partial charge on any atom is -0.383 e. The highest BCUT2D eigenvalue weighted by atomic mass is 79.9. The van der Waals surface area contributed by atoms with Crippen LogP contribution in [0.2, 0.25) is 0 Å². The van der Waals surface area contributed by atoms with Gasteiger partial charge in [-0.3, -0.25) is 0 Å². The molecule has 0 radical (unpaired) electrons. The SMILES string of the molecule is Nc1c(Sc2ccc(Br)cc2)c(-c2ccccc2)nn1-c1ccccc1. The lowest BCUT2D eigenvalue weighted by Crippen LogP contribution is -2.01.